The Balaban J connectivity index is 1.82. The molecule has 2 rings (SSSR count). The van der Waals surface area contributed by atoms with Crippen molar-refractivity contribution in [2.45, 2.75) is 70.4 Å². The normalized spacial score (nSPS) is 18.1. The third-order valence-electron chi connectivity index (χ3n) is 7.69. The Kier molecular flexibility index (Phi) is 18.2. The lowest BCUT2D eigenvalue weighted by Crippen LogP contribution is -2.38. The minimum Gasteiger partial charge on any atom is -0.441 e. The van der Waals surface area contributed by atoms with Gasteiger partial charge < -0.3 is 31.7 Å². The summed E-state index contributed by atoms with van der Waals surface area (Å²) < 4.78 is 5.69. The van der Waals surface area contributed by atoms with Crippen LogP contribution in [0.2, 0.25) is 0 Å². The minimum absolute atomic E-state index is 0.00553. The van der Waals surface area contributed by atoms with E-state index in [9.17, 15) is 29.3 Å². The van der Waals surface area contributed by atoms with E-state index < -0.39 is 17.1 Å². The van der Waals surface area contributed by atoms with Gasteiger partial charge in [0.05, 0.1) is 14.9 Å². The molecular weight excluding hydrogens is 729 g/mol. The number of nitrogens with two attached hydrogens (primary N) is 1. The summed E-state index contributed by atoms with van der Waals surface area (Å²) in [5.74, 6) is 1.19. The van der Waals surface area contributed by atoms with Crippen LogP contribution in [0.1, 0.15) is 63.7 Å². The molecule has 16 heteroatoms. The molecule has 0 spiro atoms. The molecule has 14 nitrogen and oxygen atoms in total. The predicted octanol–water partition coefficient (Wildman–Crippen LogP) is 2.63. The second-order valence-electron chi connectivity index (χ2n) is 11.3. The number of nitrogens with zero attached hydrogens (tertiary/aromatic N) is 2. The van der Waals surface area contributed by atoms with Crippen molar-refractivity contribution in [1.29, 1.82) is 0 Å². The number of rotatable bonds is 20. The number of carbonyl (C=O) groups is 4. The maximum atomic E-state index is 12.5. The molecule has 0 radical (unpaired) electrons. The van der Waals surface area contributed by atoms with E-state index in [4.69, 9.17) is 10.5 Å². The van der Waals surface area contributed by atoms with Crippen LogP contribution in [0.3, 0.4) is 0 Å². The predicted molar refractivity (Wildman–Crippen MR) is 187 cm³/mol. The standard InChI is InChI=1S/C30H48IN7O7S/c1-20-25(36-22(3)39)19-46-27(20)6-4-5-7-28(40)34-13-15-37(14-10-32)18-23-8-9-26(38(43)44)24(16-23)21(2)45-30(42)35-12-11-33-29(41)17-31/h8-9,16,20-21,25,27H,4-7,10-15,17-19,32H2,1-3H3,(H,33,41)(H,34,40)(H,35,42)(H,36,39)/t20?,21?,25?,27-/m0/s1. The smallest absolute Gasteiger partial charge is 0.407 e. The van der Waals surface area contributed by atoms with Crippen LogP contribution in [-0.2, 0) is 25.7 Å². The van der Waals surface area contributed by atoms with E-state index in [0.717, 1.165) is 30.6 Å². The largest absolute Gasteiger partial charge is 0.441 e. The number of carbonyl (C=O) groups excluding carboxylic acids is 4. The quantitative estimate of drug-likeness (QED) is 0.0432. The first-order valence-electron chi connectivity index (χ1n) is 15.6. The van der Waals surface area contributed by atoms with E-state index in [1.165, 1.54) is 6.07 Å². The molecule has 6 N–H and O–H groups in total. The number of alkyl halides is 1. The van der Waals surface area contributed by atoms with Crippen molar-refractivity contribution >= 4 is 63.9 Å². The van der Waals surface area contributed by atoms with Crippen LogP contribution >= 0.6 is 34.4 Å². The fourth-order valence-electron chi connectivity index (χ4n) is 5.23. The fourth-order valence-corrected chi connectivity index (χ4v) is 7.17. The molecule has 1 aromatic carbocycles. The van der Waals surface area contributed by atoms with Crippen molar-refractivity contribution in [3.8, 4) is 0 Å². The molecule has 4 atom stereocenters. The number of hydrogen-bond acceptors (Lipinski definition) is 10. The number of nitro groups is 1. The molecule has 0 saturated carbocycles. The highest BCUT2D eigenvalue weighted by atomic mass is 127. The van der Waals surface area contributed by atoms with E-state index in [1.54, 1.807) is 26.0 Å². The molecule has 258 valence electrons. The van der Waals surface area contributed by atoms with Gasteiger partial charge in [0.25, 0.3) is 5.69 Å². The molecule has 4 amide bonds. The highest BCUT2D eigenvalue weighted by Crippen LogP contribution is 2.35. The van der Waals surface area contributed by atoms with Crippen LogP contribution < -0.4 is 27.0 Å². The molecular formula is C30H48IN7O7S. The lowest BCUT2D eigenvalue weighted by molar-refractivity contribution is -0.386. The Labute approximate surface area is 288 Å². The molecule has 1 aliphatic heterocycles. The molecule has 0 bridgehead atoms. The Morgan fingerprint density at radius 1 is 1.13 bits per heavy atom. The number of amides is 4. The summed E-state index contributed by atoms with van der Waals surface area (Å²) in [5.41, 5.74) is 6.70. The summed E-state index contributed by atoms with van der Waals surface area (Å²) in [6, 6.07) is 4.93. The van der Waals surface area contributed by atoms with Gasteiger partial charge in [-0.15, -0.1) is 0 Å². The van der Waals surface area contributed by atoms with Crippen LogP contribution in [0.4, 0.5) is 10.5 Å². The second-order valence-corrected chi connectivity index (χ2v) is 13.3. The Bertz CT molecular complexity index is 1180. The Morgan fingerprint density at radius 3 is 2.52 bits per heavy atom. The van der Waals surface area contributed by atoms with Crippen molar-refractivity contribution in [1.82, 2.24) is 26.2 Å². The molecule has 3 unspecified atom stereocenters. The average Bonchev–Trinajstić information content (AvgIpc) is 3.34. The number of nitro benzene ring substituents is 1. The highest BCUT2D eigenvalue weighted by Gasteiger charge is 2.33. The van der Waals surface area contributed by atoms with Crippen LogP contribution in [0.15, 0.2) is 18.2 Å². The number of nitrogens with one attached hydrogen (secondary N) is 4. The summed E-state index contributed by atoms with van der Waals surface area (Å²) in [5, 5.41) is 23.4. The zero-order valence-electron chi connectivity index (χ0n) is 26.8. The second kappa shape index (κ2) is 21.2. The fraction of sp³-hybridized carbons (Fsp3) is 0.667. The number of halogens is 1. The van der Waals surface area contributed by atoms with E-state index in [1.807, 2.05) is 34.4 Å². The molecule has 1 aliphatic rings. The number of hydrogen-bond donors (Lipinski definition) is 5. The van der Waals surface area contributed by atoms with Crippen LogP contribution in [0, 0.1) is 16.0 Å². The summed E-state index contributed by atoms with van der Waals surface area (Å²) >= 11 is 3.82. The maximum absolute atomic E-state index is 12.5. The summed E-state index contributed by atoms with van der Waals surface area (Å²) in [7, 11) is 0. The molecule has 1 fully saturated rings. The van der Waals surface area contributed by atoms with E-state index in [-0.39, 0.29) is 48.1 Å². The van der Waals surface area contributed by atoms with Gasteiger partial charge in [0.1, 0.15) is 6.10 Å². The highest BCUT2D eigenvalue weighted by molar-refractivity contribution is 14.1. The van der Waals surface area contributed by atoms with Gasteiger partial charge in [0.15, 0.2) is 0 Å². The summed E-state index contributed by atoms with van der Waals surface area (Å²) in [4.78, 5) is 60.7. The SMILES string of the molecule is CC(=O)NC1CS[C@@H](CCCCC(=O)NCCN(CCN)Cc2ccc([N+](=O)[O-])c(C(C)OC(=O)NCCNC(=O)CI)c2)C1C. The number of benzene rings is 1. The van der Waals surface area contributed by atoms with Crippen LogP contribution in [0.25, 0.3) is 0 Å². The average molecular weight is 778 g/mol. The number of thioether (sulfide) groups is 1. The van der Waals surface area contributed by atoms with Crippen molar-refractivity contribution in [3.05, 3.63) is 39.4 Å². The van der Waals surface area contributed by atoms with Gasteiger partial charge in [0.2, 0.25) is 17.7 Å². The number of alkyl carbamates (subject to hydrolysis) is 1. The van der Waals surface area contributed by atoms with Gasteiger partial charge in [-0.25, -0.2) is 4.79 Å². The Hall–Kier alpha value is -2.70. The molecule has 0 aliphatic carbocycles. The molecule has 0 aromatic heterocycles. The monoisotopic (exact) mass is 777 g/mol. The molecule has 1 heterocycles. The van der Waals surface area contributed by atoms with Gasteiger partial charge in [-0.2, -0.15) is 11.8 Å². The van der Waals surface area contributed by atoms with Gasteiger partial charge in [-0.3, -0.25) is 29.4 Å². The first-order valence-corrected chi connectivity index (χ1v) is 18.1. The van der Waals surface area contributed by atoms with Gasteiger partial charge in [0, 0.05) is 82.3 Å². The van der Waals surface area contributed by atoms with Crippen molar-refractivity contribution in [2.75, 3.05) is 49.4 Å². The number of ether oxygens (including phenoxy) is 1. The van der Waals surface area contributed by atoms with Crippen molar-refractivity contribution < 1.29 is 28.8 Å². The maximum Gasteiger partial charge on any atom is 0.407 e. The van der Waals surface area contributed by atoms with Crippen LogP contribution in [0.5, 0.6) is 0 Å². The van der Waals surface area contributed by atoms with Crippen molar-refractivity contribution in [3.63, 3.8) is 0 Å². The van der Waals surface area contributed by atoms with Gasteiger partial charge >= 0.3 is 6.09 Å². The molecule has 46 heavy (non-hydrogen) atoms. The molecule has 1 saturated heterocycles. The van der Waals surface area contributed by atoms with E-state index in [0.29, 0.717) is 54.7 Å². The Morgan fingerprint density at radius 2 is 1.85 bits per heavy atom. The van der Waals surface area contributed by atoms with E-state index >= 15 is 0 Å². The van der Waals surface area contributed by atoms with Crippen molar-refractivity contribution in [2.24, 2.45) is 11.7 Å². The van der Waals surface area contributed by atoms with Gasteiger partial charge in [-0.1, -0.05) is 42.0 Å². The first-order chi connectivity index (χ1) is 21.9. The summed E-state index contributed by atoms with van der Waals surface area (Å²) in [6.07, 6.45) is 1.56. The number of unbranched alkanes of at least 4 members (excludes halogenated alkanes) is 1. The summed E-state index contributed by atoms with van der Waals surface area (Å²) in [6.45, 7) is 8.04. The molecule has 1 aromatic rings. The topological polar surface area (TPSA) is 198 Å². The lowest BCUT2D eigenvalue weighted by atomic mass is 9.96. The zero-order valence-corrected chi connectivity index (χ0v) is 29.8. The third-order valence-corrected chi connectivity index (χ3v) is 10.0. The van der Waals surface area contributed by atoms with E-state index in [2.05, 4.69) is 33.1 Å². The minimum atomic E-state index is -0.902. The lowest BCUT2D eigenvalue weighted by Gasteiger charge is -2.23. The van der Waals surface area contributed by atoms with Crippen LogP contribution in [-0.4, -0.2) is 94.4 Å². The zero-order chi connectivity index (χ0) is 34.1. The third kappa shape index (κ3) is 14.4. The van der Waals surface area contributed by atoms with Gasteiger partial charge in [-0.05, 0) is 37.3 Å². The first kappa shape index (κ1) is 39.5.